The van der Waals surface area contributed by atoms with Crippen molar-refractivity contribution in [3.8, 4) is 28.4 Å². The minimum absolute atomic E-state index is 0.222. The van der Waals surface area contributed by atoms with Crippen molar-refractivity contribution >= 4 is 0 Å². The Morgan fingerprint density at radius 2 is 1.67 bits per heavy atom. The summed E-state index contributed by atoms with van der Waals surface area (Å²) in [6.07, 6.45) is 8.57. The Hall–Kier alpha value is -3.63. The monoisotopic (exact) mass is 474 g/mol. The molecular formula is C32H30N2O2. The minimum atomic E-state index is 0.222. The Balaban J connectivity index is 1.24. The van der Waals surface area contributed by atoms with Crippen LogP contribution in [-0.4, -0.2) is 27.1 Å². The number of benzene rings is 3. The fourth-order valence-electron chi connectivity index (χ4n) is 6.92. The SMILES string of the molecule is Oc1cccc2c1Oc1cc(-c3cccnc3)ccc1C2C1CC2CCC(C1)N2Cc1ccccc1. The number of phenols is 1. The summed E-state index contributed by atoms with van der Waals surface area (Å²) in [5.74, 6) is 2.44. The molecule has 4 aromatic rings. The van der Waals surface area contributed by atoms with Crippen LogP contribution in [0.25, 0.3) is 11.1 Å². The highest BCUT2D eigenvalue weighted by molar-refractivity contribution is 5.68. The van der Waals surface area contributed by atoms with Crippen LogP contribution in [0.1, 0.15) is 48.3 Å². The van der Waals surface area contributed by atoms with Crippen molar-refractivity contribution in [2.24, 2.45) is 5.92 Å². The minimum Gasteiger partial charge on any atom is -0.504 e. The average molecular weight is 475 g/mol. The topological polar surface area (TPSA) is 45.6 Å². The Morgan fingerprint density at radius 3 is 2.44 bits per heavy atom. The number of piperidine rings is 1. The lowest BCUT2D eigenvalue weighted by atomic mass is 9.72. The van der Waals surface area contributed by atoms with Crippen molar-refractivity contribution < 1.29 is 9.84 Å². The van der Waals surface area contributed by atoms with E-state index in [4.69, 9.17) is 4.74 Å². The van der Waals surface area contributed by atoms with Crippen molar-refractivity contribution in [3.05, 3.63) is 108 Å². The molecule has 0 spiro atoms. The molecule has 0 aliphatic carbocycles. The second kappa shape index (κ2) is 8.79. The smallest absolute Gasteiger partial charge is 0.172 e. The molecule has 3 aliphatic heterocycles. The van der Waals surface area contributed by atoms with Crippen molar-refractivity contribution in [2.75, 3.05) is 0 Å². The van der Waals surface area contributed by atoms with Crippen LogP contribution in [0.4, 0.5) is 0 Å². The number of fused-ring (bicyclic) bond motifs is 4. The van der Waals surface area contributed by atoms with Gasteiger partial charge in [0.15, 0.2) is 11.5 Å². The zero-order valence-electron chi connectivity index (χ0n) is 20.3. The number of rotatable bonds is 4. The van der Waals surface area contributed by atoms with Gasteiger partial charge in [-0.25, -0.2) is 0 Å². The third-order valence-electron chi connectivity index (χ3n) is 8.52. The summed E-state index contributed by atoms with van der Waals surface area (Å²) in [6, 6.07) is 28.5. The van der Waals surface area contributed by atoms with E-state index in [9.17, 15) is 5.11 Å². The van der Waals surface area contributed by atoms with Gasteiger partial charge in [0.2, 0.25) is 0 Å². The molecule has 4 heterocycles. The predicted molar refractivity (Wildman–Crippen MR) is 141 cm³/mol. The number of aromatic hydroxyl groups is 1. The maximum Gasteiger partial charge on any atom is 0.172 e. The van der Waals surface area contributed by atoms with Gasteiger partial charge in [-0.3, -0.25) is 9.88 Å². The van der Waals surface area contributed by atoms with Crippen LogP contribution in [0, 0.1) is 5.92 Å². The molecule has 1 N–H and O–H groups in total. The zero-order chi connectivity index (χ0) is 24.1. The van der Waals surface area contributed by atoms with Gasteiger partial charge in [-0.2, -0.15) is 0 Å². The molecule has 3 unspecified atom stereocenters. The van der Waals surface area contributed by atoms with Gasteiger partial charge in [0.1, 0.15) is 5.75 Å². The largest absolute Gasteiger partial charge is 0.504 e. The molecule has 3 aliphatic rings. The van der Waals surface area contributed by atoms with Gasteiger partial charge < -0.3 is 9.84 Å². The van der Waals surface area contributed by atoms with Crippen LogP contribution < -0.4 is 4.74 Å². The summed E-state index contributed by atoms with van der Waals surface area (Å²) >= 11 is 0. The van der Waals surface area contributed by atoms with Crippen LogP contribution in [-0.2, 0) is 6.54 Å². The van der Waals surface area contributed by atoms with Crippen molar-refractivity contribution in [2.45, 2.75) is 50.2 Å². The van der Waals surface area contributed by atoms with E-state index < -0.39 is 0 Å². The quantitative estimate of drug-likeness (QED) is 0.342. The van der Waals surface area contributed by atoms with Gasteiger partial charge >= 0.3 is 0 Å². The molecule has 36 heavy (non-hydrogen) atoms. The standard InChI is InChI=1S/C32H30N2O2/c35-29-10-4-9-28-31(24-16-25-12-13-26(17-24)34(25)20-21-6-2-1-3-7-21)27-14-11-22(18-30(27)36-32(28)29)23-8-5-15-33-19-23/h1-11,14-15,18-19,24-26,31,35H,12-13,16-17,20H2. The maximum atomic E-state index is 10.8. The van der Waals surface area contributed by atoms with Crippen LogP contribution in [0.3, 0.4) is 0 Å². The fraction of sp³-hybridized carbons (Fsp3) is 0.281. The van der Waals surface area contributed by atoms with Gasteiger partial charge in [0.05, 0.1) is 0 Å². The molecular weight excluding hydrogens is 444 g/mol. The molecule has 3 atom stereocenters. The van der Waals surface area contributed by atoms with E-state index >= 15 is 0 Å². The lowest BCUT2D eigenvalue weighted by Crippen LogP contribution is -2.43. The van der Waals surface area contributed by atoms with E-state index in [-0.39, 0.29) is 11.7 Å². The average Bonchev–Trinajstić information content (AvgIpc) is 3.14. The molecule has 0 amide bonds. The first kappa shape index (κ1) is 21.6. The Bertz CT molecular complexity index is 1370. The van der Waals surface area contributed by atoms with Crippen molar-refractivity contribution in [3.63, 3.8) is 0 Å². The number of nitrogens with zero attached hydrogens (tertiary/aromatic N) is 2. The third kappa shape index (κ3) is 3.68. The summed E-state index contributed by atoms with van der Waals surface area (Å²) in [5, 5.41) is 10.8. The highest BCUT2D eigenvalue weighted by Crippen LogP contribution is 2.55. The second-order valence-corrected chi connectivity index (χ2v) is 10.5. The van der Waals surface area contributed by atoms with Crippen LogP contribution in [0.5, 0.6) is 17.2 Å². The molecule has 1 aromatic heterocycles. The lowest BCUT2D eigenvalue weighted by molar-refractivity contribution is 0.0888. The molecule has 7 rings (SSSR count). The van der Waals surface area contributed by atoms with E-state index in [0.29, 0.717) is 23.8 Å². The van der Waals surface area contributed by atoms with Crippen molar-refractivity contribution in [1.29, 1.82) is 0 Å². The normalized spacial score (nSPS) is 24.6. The first-order chi connectivity index (χ1) is 17.7. The van der Waals surface area contributed by atoms with Crippen LogP contribution in [0.15, 0.2) is 91.3 Å². The van der Waals surface area contributed by atoms with Gasteiger partial charge in [-0.1, -0.05) is 60.7 Å². The lowest BCUT2D eigenvalue weighted by Gasteiger charge is -2.43. The molecule has 0 radical (unpaired) electrons. The number of hydrogen-bond donors (Lipinski definition) is 1. The Morgan fingerprint density at radius 1 is 0.833 bits per heavy atom. The molecule has 4 heteroatoms. The summed E-state index contributed by atoms with van der Waals surface area (Å²) in [4.78, 5) is 7.04. The first-order valence-electron chi connectivity index (χ1n) is 13.1. The highest BCUT2D eigenvalue weighted by Gasteiger charge is 2.45. The molecule has 3 aromatic carbocycles. The second-order valence-electron chi connectivity index (χ2n) is 10.5. The summed E-state index contributed by atoms with van der Waals surface area (Å²) in [6.45, 7) is 1.04. The Labute approximate surface area is 212 Å². The van der Waals surface area contributed by atoms with E-state index in [1.807, 2.05) is 18.3 Å². The van der Waals surface area contributed by atoms with Gasteiger partial charge in [0, 0.05) is 53.6 Å². The number of phenolic OH excluding ortho intramolecular Hbond substituents is 1. The molecule has 180 valence electrons. The number of pyridine rings is 1. The molecule has 2 saturated heterocycles. The number of ether oxygens (including phenoxy) is 1. The zero-order valence-corrected chi connectivity index (χ0v) is 20.3. The van der Waals surface area contributed by atoms with E-state index in [0.717, 1.165) is 29.0 Å². The van der Waals surface area contributed by atoms with Gasteiger partial charge in [-0.05, 0) is 60.9 Å². The number of para-hydroxylation sites is 1. The molecule has 2 bridgehead atoms. The van der Waals surface area contributed by atoms with Crippen LogP contribution >= 0.6 is 0 Å². The van der Waals surface area contributed by atoms with Crippen molar-refractivity contribution in [1.82, 2.24) is 9.88 Å². The van der Waals surface area contributed by atoms with E-state index in [1.54, 1.807) is 12.3 Å². The number of aromatic nitrogens is 1. The molecule has 4 nitrogen and oxygen atoms in total. The predicted octanol–water partition coefficient (Wildman–Crippen LogP) is 7.14. The van der Waals surface area contributed by atoms with E-state index in [2.05, 4.69) is 70.5 Å². The van der Waals surface area contributed by atoms with E-state index in [1.165, 1.54) is 36.8 Å². The summed E-state index contributed by atoms with van der Waals surface area (Å²) < 4.78 is 6.38. The van der Waals surface area contributed by atoms with Crippen LogP contribution in [0.2, 0.25) is 0 Å². The van der Waals surface area contributed by atoms with Gasteiger partial charge in [0.25, 0.3) is 0 Å². The molecule has 2 fully saturated rings. The number of hydrogen-bond acceptors (Lipinski definition) is 4. The fourth-order valence-corrected chi connectivity index (χ4v) is 6.92. The first-order valence-corrected chi connectivity index (χ1v) is 13.1. The summed E-state index contributed by atoms with van der Waals surface area (Å²) in [5.41, 5.74) is 5.91. The summed E-state index contributed by atoms with van der Waals surface area (Å²) in [7, 11) is 0. The molecule has 0 saturated carbocycles. The highest BCUT2D eigenvalue weighted by atomic mass is 16.5. The Kier molecular flexibility index (Phi) is 5.28. The van der Waals surface area contributed by atoms with Gasteiger partial charge in [-0.15, -0.1) is 0 Å². The maximum absolute atomic E-state index is 10.8. The third-order valence-corrected chi connectivity index (χ3v) is 8.52.